The summed E-state index contributed by atoms with van der Waals surface area (Å²) < 4.78 is 0.979. The molecule has 2 nitrogen and oxygen atoms in total. The van der Waals surface area contributed by atoms with E-state index in [4.69, 9.17) is 5.73 Å². The van der Waals surface area contributed by atoms with E-state index in [1.54, 1.807) is 0 Å². The van der Waals surface area contributed by atoms with Crippen molar-refractivity contribution in [2.45, 2.75) is 24.4 Å². The molecule has 2 aromatic rings. The van der Waals surface area contributed by atoms with E-state index in [0.717, 1.165) is 22.9 Å². The topological polar surface area (TPSA) is 46.2 Å². The molecule has 3 N–H and O–H groups in total. The first-order chi connectivity index (χ1) is 9.67. The number of halogens is 1. The Labute approximate surface area is 127 Å². The van der Waals surface area contributed by atoms with Gasteiger partial charge in [0.15, 0.2) is 0 Å². The molecule has 20 heavy (non-hydrogen) atoms. The Morgan fingerprint density at radius 3 is 2.75 bits per heavy atom. The molecule has 0 spiro atoms. The normalized spacial score (nSPS) is 22.6. The largest absolute Gasteiger partial charge is 0.387 e. The third kappa shape index (κ3) is 2.10. The molecule has 1 aliphatic rings. The Balaban J connectivity index is 2.07. The van der Waals surface area contributed by atoms with Crippen molar-refractivity contribution in [2.24, 2.45) is 5.73 Å². The molecule has 104 valence electrons. The minimum atomic E-state index is -0.575. The number of hydrogen-bond donors (Lipinski definition) is 2. The van der Waals surface area contributed by atoms with Crippen LogP contribution in [0.2, 0.25) is 0 Å². The lowest BCUT2D eigenvalue weighted by Gasteiger charge is -2.34. The predicted molar refractivity (Wildman–Crippen MR) is 84.6 cm³/mol. The van der Waals surface area contributed by atoms with Crippen LogP contribution in [0, 0.1) is 0 Å². The molecule has 0 fully saturated rings. The van der Waals surface area contributed by atoms with Crippen LogP contribution in [0.3, 0.4) is 0 Å². The SMILES string of the molecule is NCC1(C(O)c2cccc(Br)c2)CCc2ccccc21. The Morgan fingerprint density at radius 2 is 2.00 bits per heavy atom. The van der Waals surface area contributed by atoms with Gasteiger partial charge in [0.25, 0.3) is 0 Å². The molecule has 2 atom stereocenters. The highest BCUT2D eigenvalue weighted by Gasteiger charge is 2.44. The Morgan fingerprint density at radius 1 is 1.20 bits per heavy atom. The third-order valence-electron chi connectivity index (χ3n) is 4.45. The van der Waals surface area contributed by atoms with Gasteiger partial charge in [-0.25, -0.2) is 0 Å². The van der Waals surface area contributed by atoms with Gasteiger partial charge in [-0.3, -0.25) is 0 Å². The van der Waals surface area contributed by atoms with Crippen molar-refractivity contribution >= 4 is 15.9 Å². The molecule has 1 aliphatic carbocycles. The van der Waals surface area contributed by atoms with E-state index < -0.39 is 6.10 Å². The van der Waals surface area contributed by atoms with Crippen molar-refractivity contribution in [3.63, 3.8) is 0 Å². The first kappa shape index (κ1) is 13.8. The zero-order valence-electron chi connectivity index (χ0n) is 11.2. The van der Waals surface area contributed by atoms with E-state index in [1.807, 2.05) is 30.3 Å². The number of rotatable bonds is 3. The number of fused-ring (bicyclic) bond motifs is 1. The summed E-state index contributed by atoms with van der Waals surface area (Å²) in [4.78, 5) is 0. The molecule has 2 aromatic carbocycles. The van der Waals surface area contributed by atoms with Crippen molar-refractivity contribution < 1.29 is 5.11 Å². The first-order valence-corrected chi connectivity index (χ1v) is 7.69. The lowest BCUT2D eigenvalue weighted by atomic mass is 9.74. The van der Waals surface area contributed by atoms with Crippen LogP contribution in [-0.4, -0.2) is 11.7 Å². The standard InChI is InChI=1S/C17H18BrNO/c18-14-6-3-5-13(10-14)16(20)17(11-19)9-8-12-4-1-2-7-15(12)17/h1-7,10,16,20H,8-9,11,19H2. The summed E-state index contributed by atoms with van der Waals surface area (Å²) in [6, 6.07) is 16.2. The molecule has 3 rings (SSSR count). The van der Waals surface area contributed by atoms with Crippen LogP contribution in [0.25, 0.3) is 0 Å². The van der Waals surface area contributed by atoms with Gasteiger partial charge in [0.05, 0.1) is 6.10 Å². The van der Waals surface area contributed by atoms with Gasteiger partial charge in [-0.05, 0) is 41.7 Å². The van der Waals surface area contributed by atoms with Crippen LogP contribution in [0.4, 0.5) is 0 Å². The van der Waals surface area contributed by atoms with Crippen LogP contribution in [0.1, 0.15) is 29.2 Å². The zero-order chi connectivity index (χ0) is 14.2. The highest BCUT2D eigenvalue weighted by atomic mass is 79.9. The second-order valence-electron chi connectivity index (χ2n) is 5.47. The fourth-order valence-electron chi connectivity index (χ4n) is 3.32. The number of hydrogen-bond acceptors (Lipinski definition) is 2. The van der Waals surface area contributed by atoms with Crippen molar-refractivity contribution in [3.05, 3.63) is 69.7 Å². The van der Waals surface area contributed by atoms with Gasteiger partial charge in [0.1, 0.15) is 0 Å². The summed E-state index contributed by atoms with van der Waals surface area (Å²) in [5, 5.41) is 10.9. The summed E-state index contributed by atoms with van der Waals surface area (Å²) in [6.45, 7) is 0.456. The van der Waals surface area contributed by atoms with E-state index in [0.29, 0.717) is 6.54 Å². The van der Waals surface area contributed by atoms with E-state index >= 15 is 0 Å². The Kier molecular flexibility index (Phi) is 3.67. The maximum Gasteiger partial charge on any atom is 0.0899 e. The molecule has 2 unspecified atom stereocenters. The van der Waals surface area contributed by atoms with Gasteiger partial charge in [-0.2, -0.15) is 0 Å². The Hall–Kier alpha value is -1.16. The molecule has 0 aromatic heterocycles. The van der Waals surface area contributed by atoms with Gasteiger partial charge < -0.3 is 10.8 Å². The van der Waals surface area contributed by atoms with Crippen LogP contribution < -0.4 is 5.73 Å². The number of aryl methyl sites for hydroxylation is 1. The van der Waals surface area contributed by atoms with Gasteiger partial charge in [0, 0.05) is 16.4 Å². The van der Waals surface area contributed by atoms with E-state index in [9.17, 15) is 5.11 Å². The summed E-state index contributed by atoms with van der Waals surface area (Å²) >= 11 is 3.47. The van der Waals surface area contributed by atoms with Gasteiger partial charge in [-0.15, -0.1) is 0 Å². The zero-order valence-corrected chi connectivity index (χ0v) is 12.8. The second-order valence-corrected chi connectivity index (χ2v) is 6.39. The van der Waals surface area contributed by atoms with Crippen LogP contribution in [0.15, 0.2) is 53.0 Å². The molecular formula is C17H18BrNO. The Bertz CT molecular complexity index is 628. The predicted octanol–water partition coefficient (Wildman–Crippen LogP) is 3.33. The fraction of sp³-hybridized carbons (Fsp3) is 0.294. The van der Waals surface area contributed by atoms with Crippen molar-refractivity contribution in [2.75, 3.05) is 6.54 Å². The molecule has 0 saturated heterocycles. The molecule has 0 radical (unpaired) electrons. The summed E-state index contributed by atoms with van der Waals surface area (Å²) in [7, 11) is 0. The van der Waals surface area contributed by atoms with Gasteiger partial charge in [-0.1, -0.05) is 52.3 Å². The molecule has 0 saturated carbocycles. The first-order valence-electron chi connectivity index (χ1n) is 6.89. The van der Waals surface area contributed by atoms with Crippen LogP contribution in [-0.2, 0) is 11.8 Å². The molecule has 0 bridgehead atoms. The van der Waals surface area contributed by atoms with Crippen molar-refractivity contribution in [1.29, 1.82) is 0 Å². The fourth-order valence-corrected chi connectivity index (χ4v) is 3.74. The minimum Gasteiger partial charge on any atom is -0.387 e. The quantitative estimate of drug-likeness (QED) is 0.906. The van der Waals surface area contributed by atoms with Crippen LogP contribution in [0.5, 0.6) is 0 Å². The maximum absolute atomic E-state index is 10.9. The van der Waals surface area contributed by atoms with E-state index in [2.05, 4.69) is 34.1 Å². The van der Waals surface area contributed by atoms with E-state index in [1.165, 1.54) is 11.1 Å². The highest BCUT2D eigenvalue weighted by Crippen LogP contribution is 2.46. The number of nitrogens with two attached hydrogens (primary N) is 1. The summed E-state index contributed by atoms with van der Waals surface area (Å²) in [5.74, 6) is 0. The second kappa shape index (κ2) is 5.32. The number of benzene rings is 2. The molecule has 0 aliphatic heterocycles. The molecule has 0 heterocycles. The lowest BCUT2D eigenvalue weighted by Crippen LogP contribution is -2.39. The smallest absolute Gasteiger partial charge is 0.0899 e. The van der Waals surface area contributed by atoms with Crippen LogP contribution >= 0.6 is 15.9 Å². The summed E-state index contributed by atoms with van der Waals surface area (Å²) in [5.41, 5.74) is 9.16. The molecule has 3 heteroatoms. The monoisotopic (exact) mass is 331 g/mol. The molecule has 0 amide bonds. The highest BCUT2D eigenvalue weighted by molar-refractivity contribution is 9.10. The van der Waals surface area contributed by atoms with E-state index in [-0.39, 0.29) is 5.41 Å². The van der Waals surface area contributed by atoms with Crippen molar-refractivity contribution in [3.8, 4) is 0 Å². The summed E-state index contributed by atoms with van der Waals surface area (Å²) in [6.07, 6.45) is 1.31. The van der Waals surface area contributed by atoms with Crippen molar-refractivity contribution in [1.82, 2.24) is 0 Å². The number of aliphatic hydroxyl groups is 1. The lowest BCUT2D eigenvalue weighted by molar-refractivity contribution is 0.0840. The molecular weight excluding hydrogens is 314 g/mol. The minimum absolute atomic E-state index is 0.364. The average Bonchev–Trinajstić information content (AvgIpc) is 2.86. The third-order valence-corrected chi connectivity index (χ3v) is 4.94. The average molecular weight is 332 g/mol. The van der Waals surface area contributed by atoms with Gasteiger partial charge >= 0.3 is 0 Å². The number of aliphatic hydroxyl groups excluding tert-OH is 1. The van der Waals surface area contributed by atoms with Gasteiger partial charge in [0.2, 0.25) is 0 Å². The maximum atomic E-state index is 10.9.